The van der Waals surface area contributed by atoms with Crippen LogP contribution in [0.15, 0.2) is 30.4 Å². The van der Waals surface area contributed by atoms with E-state index in [1.165, 1.54) is 13.2 Å². The highest BCUT2D eigenvalue weighted by Crippen LogP contribution is 2.29. The Labute approximate surface area is 246 Å². The number of carbonyl (C=O) groups excluding carboxylic acids is 4. The number of amides is 2. The van der Waals surface area contributed by atoms with Gasteiger partial charge >= 0.3 is 11.9 Å². The lowest BCUT2D eigenvalue weighted by Gasteiger charge is -2.29. The first-order chi connectivity index (χ1) is 19.3. The van der Waals surface area contributed by atoms with E-state index < -0.39 is 47.4 Å². The van der Waals surface area contributed by atoms with Crippen molar-refractivity contribution in [1.82, 2.24) is 10.6 Å². The number of methoxy groups -OCH3 is 1. The minimum atomic E-state index is -1.17. The summed E-state index contributed by atoms with van der Waals surface area (Å²) < 4.78 is 22.2. The van der Waals surface area contributed by atoms with Crippen molar-refractivity contribution in [3.63, 3.8) is 0 Å². The van der Waals surface area contributed by atoms with Gasteiger partial charge in [0.15, 0.2) is 6.10 Å². The van der Waals surface area contributed by atoms with Gasteiger partial charge in [-0.25, -0.2) is 4.79 Å². The maximum Gasteiger partial charge on any atom is 0.347 e. The van der Waals surface area contributed by atoms with Gasteiger partial charge in [0.1, 0.15) is 17.9 Å². The van der Waals surface area contributed by atoms with Crippen LogP contribution in [0.1, 0.15) is 53.0 Å². The summed E-state index contributed by atoms with van der Waals surface area (Å²) in [7, 11) is 1.50. The Hall–Kier alpha value is -3.11. The summed E-state index contributed by atoms with van der Waals surface area (Å²) >= 11 is 6.27. The standard InChI is InChI=1S/C30H41ClN2O8/c1-17(2)12-24-28(36)40-22(18(3)25-15-39-25)8-7-9-26(34)33-21(14-19-10-11-23(38-6)20(31)13-19)27(35)32-16-30(4,5)29(37)41-24/h7,9-11,13,17-18,21-22,24-25H,8,12,14-16H2,1-6H3,(H,32,35)(H,33,34)/b9-7+/t18-,21+,22-,24-,25+/m0/s1. The maximum atomic E-state index is 13.3. The Morgan fingerprint density at radius 3 is 2.41 bits per heavy atom. The molecule has 3 rings (SSSR count). The Balaban J connectivity index is 1.90. The van der Waals surface area contributed by atoms with Gasteiger partial charge in [0.2, 0.25) is 11.8 Å². The molecule has 226 valence electrons. The van der Waals surface area contributed by atoms with Crippen LogP contribution < -0.4 is 15.4 Å². The number of hydrogen-bond acceptors (Lipinski definition) is 8. The minimum Gasteiger partial charge on any atom is -0.495 e. The van der Waals surface area contributed by atoms with Crippen molar-refractivity contribution < 1.29 is 38.1 Å². The molecule has 0 aliphatic carbocycles. The molecule has 10 nitrogen and oxygen atoms in total. The van der Waals surface area contributed by atoms with Crippen LogP contribution in [0.25, 0.3) is 0 Å². The summed E-state index contributed by atoms with van der Waals surface area (Å²) in [6.45, 7) is 9.45. The first-order valence-electron chi connectivity index (χ1n) is 13.9. The van der Waals surface area contributed by atoms with E-state index in [1.54, 1.807) is 38.1 Å². The molecule has 1 fully saturated rings. The average Bonchev–Trinajstić information content (AvgIpc) is 3.75. The molecule has 5 atom stereocenters. The van der Waals surface area contributed by atoms with E-state index in [1.807, 2.05) is 20.8 Å². The van der Waals surface area contributed by atoms with Crippen LogP contribution in [-0.2, 0) is 39.8 Å². The SMILES string of the molecule is COc1ccc(C[C@H]2NC(=O)/C=C/C[C@@H]([C@H](C)[C@H]3CO3)OC(=O)[C@H](CC(C)C)OC(=O)C(C)(C)CNC2=O)cc1Cl. The van der Waals surface area contributed by atoms with Crippen LogP contribution in [-0.4, -0.2) is 68.4 Å². The quantitative estimate of drug-likeness (QED) is 0.364. The summed E-state index contributed by atoms with van der Waals surface area (Å²) in [6.07, 6.45) is 1.81. The van der Waals surface area contributed by atoms with Crippen molar-refractivity contribution in [2.24, 2.45) is 17.3 Å². The molecule has 0 radical (unpaired) electrons. The Bertz CT molecular complexity index is 1150. The smallest absolute Gasteiger partial charge is 0.347 e. The lowest BCUT2D eigenvalue weighted by molar-refractivity contribution is -0.179. The zero-order valence-electron chi connectivity index (χ0n) is 24.5. The van der Waals surface area contributed by atoms with Gasteiger partial charge in [-0.3, -0.25) is 14.4 Å². The molecular weight excluding hydrogens is 552 g/mol. The Morgan fingerprint density at radius 1 is 1.10 bits per heavy atom. The number of halogens is 1. The van der Waals surface area contributed by atoms with Crippen LogP contribution in [0, 0.1) is 17.3 Å². The first-order valence-corrected chi connectivity index (χ1v) is 14.3. The summed E-state index contributed by atoms with van der Waals surface area (Å²) in [4.78, 5) is 52.6. The van der Waals surface area contributed by atoms with Crippen molar-refractivity contribution in [2.45, 2.75) is 78.2 Å². The molecule has 2 N–H and O–H groups in total. The van der Waals surface area contributed by atoms with E-state index in [9.17, 15) is 19.2 Å². The molecular formula is C30H41ClN2O8. The molecule has 0 bridgehead atoms. The highest BCUT2D eigenvalue weighted by Gasteiger charge is 2.40. The lowest BCUT2D eigenvalue weighted by Crippen LogP contribution is -2.51. The molecule has 41 heavy (non-hydrogen) atoms. The van der Waals surface area contributed by atoms with Crippen LogP contribution in [0.3, 0.4) is 0 Å². The number of hydrogen-bond donors (Lipinski definition) is 2. The van der Waals surface area contributed by atoms with E-state index in [2.05, 4.69) is 10.6 Å². The second kappa shape index (κ2) is 14.2. The fraction of sp³-hybridized carbons (Fsp3) is 0.600. The van der Waals surface area contributed by atoms with Crippen molar-refractivity contribution >= 4 is 35.4 Å². The molecule has 0 unspecified atom stereocenters. The third-order valence-corrected chi connectivity index (χ3v) is 7.48. The summed E-state index contributed by atoms with van der Waals surface area (Å²) in [5, 5.41) is 5.87. The zero-order valence-corrected chi connectivity index (χ0v) is 25.3. The predicted molar refractivity (Wildman–Crippen MR) is 152 cm³/mol. The zero-order chi connectivity index (χ0) is 30.3. The van der Waals surface area contributed by atoms with Crippen molar-refractivity contribution in [2.75, 3.05) is 20.3 Å². The lowest BCUT2D eigenvalue weighted by atomic mass is 9.93. The predicted octanol–water partition coefficient (Wildman–Crippen LogP) is 3.38. The summed E-state index contributed by atoms with van der Waals surface area (Å²) in [5.41, 5.74) is -0.468. The van der Waals surface area contributed by atoms with Crippen LogP contribution >= 0.6 is 11.6 Å². The van der Waals surface area contributed by atoms with Gasteiger partial charge in [-0.2, -0.15) is 0 Å². The topological polar surface area (TPSA) is 133 Å². The van der Waals surface area contributed by atoms with Crippen LogP contribution in [0.4, 0.5) is 0 Å². The molecule has 0 aromatic heterocycles. The fourth-order valence-electron chi connectivity index (χ4n) is 4.42. The molecule has 1 saturated heterocycles. The second-order valence-corrected chi connectivity index (χ2v) is 12.1. The summed E-state index contributed by atoms with van der Waals surface area (Å²) in [6, 6.07) is 4.16. The van der Waals surface area contributed by atoms with Crippen LogP contribution in [0.2, 0.25) is 5.02 Å². The average molecular weight is 593 g/mol. The molecule has 11 heteroatoms. The number of nitrogens with one attached hydrogen (secondary N) is 2. The molecule has 2 heterocycles. The van der Waals surface area contributed by atoms with Gasteiger partial charge in [-0.15, -0.1) is 0 Å². The molecule has 0 saturated carbocycles. The maximum absolute atomic E-state index is 13.3. The molecule has 0 spiro atoms. The van der Waals surface area contributed by atoms with Gasteiger partial charge in [-0.1, -0.05) is 44.5 Å². The number of epoxide rings is 1. The van der Waals surface area contributed by atoms with Crippen molar-refractivity contribution in [3.8, 4) is 5.75 Å². The molecule has 2 aliphatic heterocycles. The highest BCUT2D eigenvalue weighted by molar-refractivity contribution is 6.32. The number of esters is 2. The first kappa shape index (κ1) is 32.4. The monoisotopic (exact) mass is 592 g/mol. The molecule has 2 amide bonds. The van der Waals surface area contributed by atoms with Crippen molar-refractivity contribution in [1.29, 1.82) is 0 Å². The molecule has 1 aromatic carbocycles. The van der Waals surface area contributed by atoms with Gasteiger partial charge < -0.3 is 29.6 Å². The Morgan fingerprint density at radius 2 is 1.80 bits per heavy atom. The van der Waals surface area contributed by atoms with E-state index in [-0.39, 0.29) is 43.7 Å². The van der Waals surface area contributed by atoms with Gasteiger partial charge in [0, 0.05) is 25.3 Å². The third kappa shape index (κ3) is 9.46. The normalized spacial score (nSPS) is 27.2. The molecule has 1 aromatic rings. The largest absolute Gasteiger partial charge is 0.495 e. The third-order valence-electron chi connectivity index (χ3n) is 7.18. The number of ether oxygens (including phenoxy) is 4. The van der Waals surface area contributed by atoms with Crippen LogP contribution in [0.5, 0.6) is 5.75 Å². The fourth-order valence-corrected chi connectivity index (χ4v) is 4.70. The van der Waals surface area contributed by atoms with E-state index in [4.69, 9.17) is 30.5 Å². The number of cyclic esters (lactones) is 2. The Kier molecular flexibility index (Phi) is 11.2. The van der Waals surface area contributed by atoms with Gasteiger partial charge in [0.05, 0.1) is 30.3 Å². The molecule has 2 aliphatic rings. The summed E-state index contributed by atoms with van der Waals surface area (Å²) in [5.74, 6) is -1.88. The van der Waals surface area contributed by atoms with E-state index in [0.29, 0.717) is 22.9 Å². The van der Waals surface area contributed by atoms with Crippen molar-refractivity contribution in [3.05, 3.63) is 40.9 Å². The van der Waals surface area contributed by atoms with E-state index in [0.717, 1.165) is 0 Å². The minimum absolute atomic E-state index is 0.0483. The number of rotatable bonds is 7. The van der Waals surface area contributed by atoms with E-state index >= 15 is 0 Å². The van der Waals surface area contributed by atoms with Gasteiger partial charge in [0.25, 0.3) is 0 Å². The van der Waals surface area contributed by atoms with Gasteiger partial charge in [-0.05, 0) is 50.0 Å². The number of carbonyl (C=O) groups is 4. The highest BCUT2D eigenvalue weighted by atomic mass is 35.5. The second-order valence-electron chi connectivity index (χ2n) is 11.7. The number of benzene rings is 1.